The second-order valence-corrected chi connectivity index (χ2v) is 8.87. The molecule has 1 fully saturated rings. The van der Waals surface area contributed by atoms with Gasteiger partial charge in [0.05, 0.1) is 22.0 Å². The van der Waals surface area contributed by atoms with Crippen LogP contribution in [0.15, 0.2) is 52.9 Å². The van der Waals surface area contributed by atoms with E-state index in [1.54, 1.807) is 24.3 Å². The molecule has 1 saturated heterocycles. The van der Waals surface area contributed by atoms with Crippen LogP contribution < -0.4 is 15.5 Å². The lowest BCUT2D eigenvalue weighted by molar-refractivity contribution is -0.137. The van der Waals surface area contributed by atoms with Crippen LogP contribution in [0.3, 0.4) is 0 Å². The second-order valence-electron chi connectivity index (χ2n) is 7.62. The van der Waals surface area contributed by atoms with Crippen molar-refractivity contribution in [3.63, 3.8) is 0 Å². The molecular formula is C23H18Cl2F3N3O2S. The van der Waals surface area contributed by atoms with E-state index in [1.807, 2.05) is 4.90 Å². The maximum absolute atomic E-state index is 13.3. The molecule has 2 heterocycles. The number of anilines is 2. The van der Waals surface area contributed by atoms with Crippen molar-refractivity contribution in [3.05, 3.63) is 69.9 Å². The number of furan rings is 1. The maximum Gasteiger partial charge on any atom is 0.416 e. The molecule has 0 unspecified atom stereocenters. The predicted molar refractivity (Wildman–Crippen MR) is 131 cm³/mol. The van der Waals surface area contributed by atoms with Gasteiger partial charge in [0.25, 0.3) is 5.91 Å². The molecule has 34 heavy (non-hydrogen) atoms. The third-order valence-corrected chi connectivity index (χ3v) is 6.02. The van der Waals surface area contributed by atoms with Gasteiger partial charge in [-0.05, 0) is 73.6 Å². The van der Waals surface area contributed by atoms with E-state index in [-0.39, 0.29) is 16.6 Å². The van der Waals surface area contributed by atoms with E-state index < -0.39 is 17.6 Å². The first-order chi connectivity index (χ1) is 16.1. The lowest BCUT2D eigenvalue weighted by Gasteiger charge is -2.23. The molecule has 2 aromatic carbocycles. The zero-order valence-electron chi connectivity index (χ0n) is 17.5. The van der Waals surface area contributed by atoms with Crippen molar-refractivity contribution in [3.8, 4) is 11.3 Å². The average molecular weight is 528 g/mol. The zero-order chi connectivity index (χ0) is 24.5. The molecule has 4 rings (SSSR count). The van der Waals surface area contributed by atoms with Crippen molar-refractivity contribution in [2.75, 3.05) is 23.3 Å². The van der Waals surface area contributed by atoms with Crippen LogP contribution in [0.2, 0.25) is 10.0 Å². The van der Waals surface area contributed by atoms with Gasteiger partial charge in [-0.1, -0.05) is 23.2 Å². The van der Waals surface area contributed by atoms with E-state index in [2.05, 4.69) is 10.6 Å². The molecule has 2 N–H and O–H groups in total. The van der Waals surface area contributed by atoms with Gasteiger partial charge in [-0.3, -0.25) is 10.1 Å². The van der Waals surface area contributed by atoms with Crippen LogP contribution in [-0.2, 0) is 6.18 Å². The van der Waals surface area contributed by atoms with E-state index in [0.717, 1.165) is 38.1 Å². The van der Waals surface area contributed by atoms with Crippen molar-refractivity contribution in [2.24, 2.45) is 0 Å². The van der Waals surface area contributed by atoms with E-state index in [0.29, 0.717) is 27.1 Å². The predicted octanol–water partition coefficient (Wildman–Crippen LogP) is 7.00. The molecule has 1 aliphatic heterocycles. The number of nitrogens with one attached hydrogen (secondary N) is 2. The minimum Gasteiger partial charge on any atom is -0.451 e. The molecule has 5 nitrogen and oxygen atoms in total. The number of halogens is 5. The van der Waals surface area contributed by atoms with Gasteiger partial charge < -0.3 is 14.6 Å². The summed E-state index contributed by atoms with van der Waals surface area (Å²) in [5.74, 6) is -0.364. The number of carbonyl (C=O) groups excluding carboxylic acids is 1. The monoisotopic (exact) mass is 527 g/mol. The number of alkyl halides is 3. The minimum atomic E-state index is -4.52. The van der Waals surface area contributed by atoms with Crippen LogP contribution in [0.25, 0.3) is 11.3 Å². The fourth-order valence-electron chi connectivity index (χ4n) is 3.66. The molecule has 11 heteroatoms. The summed E-state index contributed by atoms with van der Waals surface area (Å²) in [6.45, 7) is 1.45. The average Bonchev–Trinajstić information content (AvgIpc) is 3.45. The van der Waals surface area contributed by atoms with Crippen molar-refractivity contribution >= 4 is 57.8 Å². The van der Waals surface area contributed by atoms with Crippen LogP contribution in [0.4, 0.5) is 24.5 Å². The van der Waals surface area contributed by atoms with Gasteiger partial charge >= 0.3 is 6.18 Å². The molecule has 3 aromatic rings. The Labute approximate surface area is 208 Å². The highest BCUT2D eigenvalue weighted by atomic mass is 35.5. The number of nitrogens with zero attached hydrogens (tertiary/aromatic N) is 1. The largest absolute Gasteiger partial charge is 0.451 e. The highest BCUT2D eigenvalue weighted by molar-refractivity contribution is 7.80. The van der Waals surface area contributed by atoms with Crippen molar-refractivity contribution in [1.82, 2.24) is 5.32 Å². The summed E-state index contributed by atoms with van der Waals surface area (Å²) in [5, 5.41) is 5.83. The third kappa shape index (κ3) is 5.48. The normalized spacial score (nSPS) is 13.7. The van der Waals surface area contributed by atoms with E-state index in [9.17, 15) is 18.0 Å². The Morgan fingerprint density at radius 1 is 1.03 bits per heavy atom. The fourth-order valence-corrected chi connectivity index (χ4v) is 4.36. The Kier molecular flexibility index (Phi) is 7.06. The lowest BCUT2D eigenvalue weighted by atomic mass is 10.1. The first-order valence-electron chi connectivity index (χ1n) is 10.3. The fraction of sp³-hybridized carbons (Fsp3) is 0.217. The Morgan fingerprint density at radius 3 is 2.44 bits per heavy atom. The summed E-state index contributed by atoms with van der Waals surface area (Å²) < 4.78 is 45.4. The van der Waals surface area contributed by atoms with Crippen LogP contribution in [-0.4, -0.2) is 24.1 Å². The number of thiocarbonyl (C=S) groups is 1. The Morgan fingerprint density at radius 2 is 1.76 bits per heavy atom. The summed E-state index contributed by atoms with van der Waals surface area (Å²) in [6.07, 6.45) is -2.63. The highest BCUT2D eigenvalue weighted by Gasteiger charge is 2.32. The Bertz CT molecular complexity index is 1240. The van der Waals surface area contributed by atoms with Crippen LogP contribution in [0.1, 0.15) is 29.0 Å². The van der Waals surface area contributed by atoms with E-state index in [1.165, 1.54) is 12.1 Å². The summed E-state index contributed by atoms with van der Waals surface area (Å²) in [5.41, 5.74) is 0.475. The van der Waals surface area contributed by atoms with Gasteiger partial charge in [-0.25, -0.2) is 0 Å². The zero-order valence-corrected chi connectivity index (χ0v) is 19.8. The lowest BCUT2D eigenvalue weighted by Crippen LogP contribution is -2.34. The molecule has 0 bridgehead atoms. The number of hydrogen-bond donors (Lipinski definition) is 2. The molecule has 0 spiro atoms. The minimum absolute atomic E-state index is 0.0472. The Hall–Kier alpha value is -2.75. The number of amides is 1. The molecule has 0 saturated carbocycles. The standard InChI is InChI=1S/C23H18Cl2F3N3O2S/c24-14-4-5-15(16(25)12-14)19-7-8-20(33-19)21(32)30-22(34)29-17-11-13(23(26,27)28)3-6-18(17)31-9-1-2-10-31/h3-8,11-12H,1-2,9-10H2,(H2,29,30,32,34). The molecule has 178 valence electrons. The first-order valence-corrected chi connectivity index (χ1v) is 11.4. The summed E-state index contributed by atoms with van der Waals surface area (Å²) in [6, 6.07) is 11.3. The summed E-state index contributed by atoms with van der Waals surface area (Å²) in [7, 11) is 0. The van der Waals surface area contributed by atoms with Gasteiger partial charge in [0, 0.05) is 23.7 Å². The van der Waals surface area contributed by atoms with E-state index in [4.69, 9.17) is 39.8 Å². The Balaban J connectivity index is 1.50. The number of hydrogen-bond acceptors (Lipinski definition) is 4. The number of benzene rings is 2. The molecule has 0 radical (unpaired) electrons. The second kappa shape index (κ2) is 9.85. The van der Waals surface area contributed by atoms with Gasteiger partial charge in [0.1, 0.15) is 5.76 Å². The summed E-state index contributed by atoms with van der Waals surface area (Å²) in [4.78, 5) is 14.6. The highest BCUT2D eigenvalue weighted by Crippen LogP contribution is 2.36. The van der Waals surface area contributed by atoms with E-state index >= 15 is 0 Å². The van der Waals surface area contributed by atoms with Gasteiger partial charge in [-0.2, -0.15) is 13.2 Å². The van der Waals surface area contributed by atoms with Crippen LogP contribution in [0.5, 0.6) is 0 Å². The van der Waals surface area contributed by atoms with Crippen molar-refractivity contribution in [1.29, 1.82) is 0 Å². The van der Waals surface area contributed by atoms with Crippen molar-refractivity contribution < 1.29 is 22.4 Å². The molecular weight excluding hydrogens is 510 g/mol. The quantitative estimate of drug-likeness (QED) is 0.357. The molecule has 1 aliphatic rings. The smallest absolute Gasteiger partial charge is 0.416 e. The summed E-state index contributed by atoms with van der Waals surface area (Å²) >= 11 is 17.3. The first kappa shape index (κ1) is 24.4. The van der Waals surface area contributed by atoms with Crippen LogP contribution >= 0.6 is 35.4 Å². The number of carbonyl (C=O) groups is 1. The van der Waals surface area contributed by atoms with Gasteiger partial charge in [0.15, 0.2) is 10.9 Å². The molecule has 1 amide bonds. The third-order valence-electron chi connectivity index (χ3n) is 5.27. The topological polar surface area (TPSA) is 57.5 Å². The van der Waals surface area contributed by atoms with Crippen LogP contribution in [0, 0.1) is 0 Å². The van der Waals surface area contributed by atoms with Crippen molar-refractivity contribution in [2.45, 2.75) is 19.0 Å². The number of rotatable bonds is 4. The van der Waals surface area contributed by atoms with Gasteiger partial charge in [-0.15, -0.1) is 0 Å². The maximum atomic E-state index is 13.3. The molecule has 1 aromatic heterocycles. The molecule has 0 atom stereocenters. The van der Waals surface area contributed by atoms with Gasteiger partial charge in [0.2, 0.25) is 0 Å². The SMILES string of the molecule is O=C(NC(=S)Nc1cc(C(F)(F)F)ccc1N1CCCC1)c1ccc(-c2ccc(Cl)cc2Cl)o1. The molecule has 0 aliphatic carbocycles.